The summed E-state index contributed by atoms with van der Waals surface area (Å²) in [6.45, 7) is 1.94. The van der Waals surface area contributed by atoms with Crippen LogP contribution < -0.4 is 5.14 Å². The highest BCUT2D eigenvalue weighted by atomic mass is 32.2. The lowest BCUT2D eigenvalue weighted by atomic mass is 10.1. The third-order valence-corrected chi connectivity index (χ3v) is 6.04. The van der Waals surface area contributed by atoms with Gasteiger partial charge >= 0.3 is 5.69 Å². The molecule has 0 saturated carbocycles. The number of nitrogens with two attached hydrogens (primary N) is 1. The van der Waals surface area contributed by atoms with E-state index in [9.17, 15) is 14.5 Å². The van der Waals surface area contributed by atoms with Gasteiger partial charge in [-0.1, -0.05) is 36.4 Å². The van der Waals surface area contributed by atoms with E-state index in [4.69, 9.17) is 5.14 Å². The Hall–Kier alpha value is -2.39. The van der Waals surface area contributed by atoms with Gasteiger partial charge in [-0.25, -0.2) is 0 Å². The maximum Gasteiger partial charge on any atom is 0.305 e. The molecule has 5 nitrogen and oxygen atoms in total. The van der Waals surface area contributed by atoms with Gasteiger partial charge in [0.05, 0.1) is 4.92 Å². The topological polar surface area (TPSA) is 72.4 Å². The first-order valence-corrected chi connectivity index (χ1v) is 11.2. The molecule has 8 heteroatoms. The molecule has 3 rings (SSSR count). The van der Waals surface area contributed by atoms with Crippen molar-refractivity contribution in [3.8, 4) is 0 Å². The van der Waals surface area contributed by atoms with Crippen LogP contribution in [0.4, 0.5) is 10.1 Å². The Morgan fingerprint density at radius 2 is 1.60 bits per heavy atom. The van der Waals surface area contributed by atoms with Gasteiger partial charge in [-0.3, -0.25) is 20.2 Å². The minimum absolute atomic E-state index is 0.490. The van der Waals surface area contributed by atoms with Crippen molar-refractivity contribution in [1.82, 2.24) is 4.90 Å². The van der Waals surface area contributed by atoms with Crippen LogP contribution in [0.2, 0.25) is 0 Å². The first-order chi connectivity index (χ1) is 14.5. The average Bonchev–Trinajstić information content (AvgIpc) is 2.76. The van der Waals surface area contributed by atoms with Crippen molar-refractivity contribution in [2.24, 2.45) is 5.14 Å². The largest absolute Gasteiger partial charge is 0.305 e. The molecule has 0 atom stereocenters. The zero-order chi connectivity index (χ0) is 21.3. The van der Waals surface area contributed by atoms with E-state index in [2.05, 4.69) is 17.0 Å². The molecule has 0 aliphatic heterocycles. The van der Waals surface area contributed by atoms with Crippen LogP contribution in [0, 0.1) is 15.9 Å². The first-order valence-electron chi connectivity index (χ1n) is 9.34. The fourth-order valence-corrected chi connectivity index (χ4v) is 4.24. The van der Waals surface area contributed by atoms with Crippen molar-refractivity contribution in [2.75, 3.05) is 12.3 Å². The zero-order valence-electron chi connectivity index (χ0n) is 16.2. The highest BCUT2D eigenvalue weighted by Crippen LogP contribution is 2.22. The van der Waals surface area contributed by atoms with Gasteiger partial charge in [0.15, 0.2) is 0 Å². The van der Waals surface area contributed by atoms with Crippen LogP contribution in [0.25, 0.3) is 0 Å². The molecule has 0 unspecified atom stereocenters. The van der Waals surface area contributed by atoms with Crippen molar-refractivity contribution in [3.63, 3.8) is 0 Å². The van der Waals surface area contributed by atoms with Crippen molar-refractivity contribution in [2.45, 2.75) is 22.9 Å². The molecule has 0 amide bonds. The van der Waals surface area contributed by atoms with Gasteiger partial charge in [0.25, 0.3) is 0 Å². The Bertz CT molecular complexity index is 972. The van der Waals surface area contributed by atoms with Crippen LogP contribution in [-0.2, 0) is 13.1 Å². The predicted octanol–water partition coefficient (Wildman–Crippen LogP) is 5.49. The van der Waals surface area contributed by atoms with Gasteiger partial charge in [0.1, 0.15) is 0 Å². The van der Waals surface area contributed by atoms with Crippen molar-refractivity contribution in [3.05, 3.63) is 99.9 Å². The Morgan fingerprint density at radius 3 is 2.27 bits per heavy atom. The van der Waals surface area contributed by atoms with Crippen molar-refractivity contribution in [1.29, 1.82) is 0 Å². The second kappa shape index (κ2) is 11.1. The number of nitrogens with zero attached hydrogens (tertiary/aromatic N) is 2. The number of rotatable bonds is 10. The van der Waals surface area contributed by atoms with E-state index < -0.39 is 16.4 Å². The minimum Gasteiger partial charge on any atom is -0.294 e. The molecular weight excluding hydrogens is 421 g/mol. The molecule has 156 valence electrons. The Balaban J connectivity index is 1.72. The van der Waals surface area contributed by atoms with Gasteiger partial charge in [-0.2, -0.15) is 4.39 Å². The summed E-state index contributed by atoms with van der Waals surface area (Å²) in [5, 5.41) is 16.7. The summed E-state index contributed by atoms with van der Waals surface area (Å²) in [7, 11) is 0. The highest BCUT2D eigenvalue weighted by Gasteiger charge is 2.16. The minimum atomic E-state index is -0.815. The lowest BCUT2D eigenvalue weighted by Gasteiger charge is -2.22. The lowest BCUT2D eigenvalue weighted by Crippen LogP contribution is -2.25. The molecule has 0 bridgehead atoms. The SMILES string of the molecule is NSc1ccc(CN(CCSc2ccccc2)Cc2ccc(F)c([N+](=O)[O-])c2)cc1. The van der Waals surface area contributed by atoms with Gasteiger partial charge in [-0.05, 0) is 53.4 Å². The van der Waals surface area contributed by atoms with Crippen LogP contribution in [0.3, 0.4) is 0 Å². The maximum absolute atomic E-state index is 13.7. The summed E-state index contributed by atoms with van der Waals surface area (Å²) in [6.07, 6.45) is 0. The summed E-state index contributed by atoms with van der Waals surface area (Å²) in [5.74, 6) is 0.0501. The summed E-state index contributed by atoms with van der Waals surface area (Å²) in [4.78, 5) is 14.8. The lowest BCUT2D eigenvalue weighted by molar-refractivity contribution is -0.387. The number of benzene rings is 3. The van der Waals surface area contributed by atoms with Crippen LogP contribution in [0.15, 0.2) is 82.6 Å². The third kappa shape index (κ3) is 6.56. The molecule has 0 radical (unpaired) electrons. The highest BCUT2D eigenvalue weighted by molar-refractivity contribution is 7.99. The average molecular weight is 444 g/mol. The summed E-state index contributed by atoms with van der Waals surface area (Å²) >= 11 is 2.96. The van der Waals surface area contributed by atoms with E-state index in [0.29, 0.717) is 18.7 Å². The number of halogens is 1. The Kier molecular flexibility index (Phi) is 8.27. The second-order valence-corrected chi connectivity index (χ2v) is 8.55. The fraction of sp³-hybridized carbons (Fsp3) is 0.182. The standard InChI is InChI=1S/C22H22FN3O2S2/c23-21-11-8-18(14-22(21)26(27)28)16-25(12-13-29-19-4-2-1-3-5-19)15-17-6-9-20(30-24)10-7-17/h1-11,14H,12-13,15-16,24H2. The number of hydrogen-bond acceptors (Lipinski definition) is 6. The van der Waals surface area contributed by atoms with Crippen molar-refractivity contribution >= 4 is 29.4 Å². The van der Waals surface area contributed by atoms with Crippen molar-refractivity contribution < 1.29 is 9.31 Å². The van der Waals surface area contributed by atoms with Gasteiger partial charge < -0.3 is 0 Å². The predicted molar refractivity (Wildman–Crippen MR) is 121 cm³/mol. The number of nitro groups is 1. The monoisotopic (exact) mass is 443 g/mol. The molecule has 0 heterocycles. The van der Waals surface area contributed by atoms with E-state index in [1.54, 1.807) is 17.8 Å². The number of thioether (sulfide) groups is 1. The molecule has 2 N–H and O–H groups in total. The Morgan fingerprint density at radius 1 is 0.933 bits per heavy atom. The molecule has 0 saturated heterocycles. The quantitative estimate of drug-likeness (QED) is 0.193. The van der Waals surface area contributed by atoms with E-state index in [1.807, 2.05) is 42.5 Å². The van der Waals surface area contributed by atoms with Crippen LogP contribution in [0.1, 0.15) is 11.1 Å². The third-order valence-electron chi connectivity index (χ3n) is 4.50. The molecular formula is C22H22FN3O2S2. The smallest absolute Gasteiger partial charge is 0.294 e. The van der Waals surface area contributed by atoms with Crippen LogP contribution >= 0.6 is 23.7 Å². The van der Waals surface area contributed by atoms with E-state index >= 15 is 0 Å². The molecule has 0 aliphatic rings. The number of hydrogen-bond donors (Lipinski definition) is 1. The molecule has 3 aromatic rings. The molecule has 0 fully saturated rings. The summed E-state index contributed by atoms with van der Waals surface area (Å²) in [5.41, 5.74) is 1.34. The molecule has 3 aromatic carbocycles. The molecule has 0 spiro atoms. The fourth-order valence-electron chi connectivity index (χ4n) is 3.01. The van der Waals surface area contributed by atoms with E-state index in [-0.39, 0.29) is 0 Å². The zero-order valence-corrected chi connectivity index (χ0v) is 17.9. The van der Waals surface area contributed by atoms with Gasteiger partial charge in [0.2, 0.25) is 5.82 Å². The van der Waals surface area contributed by atoms with E-state index in [0.717, 1.165) is 28.8 Å². The van der Waals surface area contributed by atoms with Crippen LogP contribution in [-0.4, -0.2) is 22.1 Å². The molecule has 0 aliphatic carbocycles. The molecule has 0 aromatic heterocycles. The summed E-state index contributed by atoms with van der Waals surface area (Å²) in [6, 6.07) is 22.2. The van der Waals surface area contributed by atoms with Gasteiger partial charge in [0, 0.05) is 41.2 Å². The number of nitro benzene ring substituents is 1. The summed E-state index contributed by atoms with van der Waals surface area (Å²) < 4.78 is 13.7. The van der Waals surface area contributed by atoms with Crippen LogP contribution in [0.5, 0.6) is 0 Å². The van der Waals surface area contributed by atoms with Gasteiger partial charge in [-0.15, -0.1) is 11.8 Å². The van der Waals surface area contributed by atoms with E-state index in [1.165, 1.54) is 22.9 Å². The molecule has 30 heavy (non-hydrogen) atoms. The second-order valence-electron chi connectivity index (χ2n) is 6.68. The normalized spacial score (nSPS) is 11.0. The maximum atomic E-state index is 13.7. The Labute approximate surface area is 183 Å². The first kappa shape index (κ1) is 22.3.